The summed E-state index contributed by atoms with van der Waals surface area (Å²) in [6.45, 7) is 12.9. The van der Waals surface area contributed by atoms with Gasteiger partial charge in [-0.15, -0.1) is 0 Å². The molecule has 436 valence electrons. The Hall–Kier alpha value is -6.97. The highest BCUT2D eigenvalue weighted by Gasteiger charge is 2.42. The van der Waals surface area contributed by atoms with Crippen LogP contribution < -0.4 is 65.5 Å². The van der Waals surface area contributed by atoms with E-state index in [1.807, 2.05) is 13.8 Å². The Balaban J connectivity index is 3.31. The van der Waals surface area contributed by atoms with Crippen LogP contribution in [-0.2, 0) is 62.3 Å². The summed E-state index contributed by atoms with van der Waals surface area (Å²) in [7, 11) is 0. The average Bonchev–Trinajstić information content (AvgIpc) is 3.85. The number of nitrogens with one attached hydrogen (secondary N) is 8. The lowest BCUT2D eigenvalue weighted by molar-refractivity contribution is -0.146. The van der Waals surface area contributed by atoms with Gasteiger partial charge in [0.05, 0.1) is 25.4 Å². The standard InChI is InChI=1S/C49H85N13O15/c1-9-26(7)39(60-43(70)29(14-11-12-18-50)56-41(68)28(51)20-24(3)4)47(74)58-32(22-37(66)67)48(75)62-19-13-15-33(62)45(72)59-38(25(5)6)46(73)57-31(21-35(53)64)42(69)54-23-36(65)55-30(16-17-34(52)63)44(71)61-40(49(76)77)27(8)10-2/h24-33,38-40H,9-23,50-51H2,1-8H3,(H2,52,63)(H2,53,64)(H,54,69)(H,55,65)(H,56,68)(H,57,73)(H,58,74)(H,59,72)(H,60,70)(H,61,71)(H,66,67)(H,76,77)/t26-,27-,28-,29-,30-,31-,32-,33-,38-,39-,40-/m0/s1. The number of carbonyl (C=O) groups is 13. The van der Waals surface area contributed by atoms with Crippen LogP contribution in [0.15, 0.2) is 0 Å². The Morgan fingerprint density at radius 2 is 1.14 bits per heavy atom. The largest absolute Gasteiger partial charge is 0.481 e. The van der Waals surface area contributed by atoms with Gasteiger partial charge >= 0.3 is 11.9 Å². The molecule has 0 saturated carbocycles. The highest BCUT2D eigenvalue weighted by molar-refractivity contribution is 6.00. The third kappa shape index (κ3) is 23.9. The summed E-state index contributed by atoms with van der Waals surface area (Å²) < 4.78 is 0. The van der Waals surface area contributed by atoms with E-state index in [1.54, 1.807) is 27.7 Å². The molecule has 77 heavy (non-hydrogen) atoms. The number of aliphatic carboxylic acids is 2. The minimum atomic E-state index is -1.75. The van der Waals surface area contributed by atoms with Crippen molar-refractivity contribution in [3.05, 3.63) is 0 Å². The van der Waals surface area contributed by atoms with Crippen LogP contribution in [0, 0.1) is 23.7 Å². The zero-order valence-corrected chi connectivity index (χ0v) is 45.6. The van der Waals surface area contributed by atoms with E-state index in [0.29, 0.717) is 38.6 Å². The second-order valence-electron chi connectivity index (χ2n) is 20.3. The molecule has 1 aliphatic heterocycles. The number of nitrogens with zero attached hydrogens (tertiary/aromatic N) is 1. The van der Waals surface area contributed by atoms with Gasteiger partial charge in [0.25, 0.3) is 0 Å². The van der Waals surface area contributed by atoms with E-state index in [0.717, 1.165) is 4.90 Å². The molecule has 1 aliphatic rings. The smallest absolute Gasteiger partial charge is 0.326 e. The number of likely N-dealkylation sites (tertiary alicyclic amines) is 1. The van der Waals surface area contributed by atoms with E-state index in [4.69, 9.17) is 22.9 Å². The van der Waals surface area contributed by atoms with Gasteiger partial charge in [-0.25, -0.2) is 4.79 Å². The lowest BCUT2D eigenvalue weighted by atomic mass is 9.96. The number of hydrogen-bond donors (Lipinski definition) is 14. The van der Waals surface area contributed by atoms with E-state index in [-0.39, 0.29) is 44.6 Å². The van der Waals surface area contributed by atoms with Crippen LogP contribution in [0.4, 0.5) is 0 Å². The molecule has 28 nitrogen and oxygen atoms in total. The third-order valence-electron chi connectivity index (χ3n) is 13.1. The minimum absolute atomic E-state index is 0.0409. The number of unbranched alkanes of at least 4 members (excludes halogenated alkanes) is 1. The molecule has 11 atom stereocenters. The summed E-state index contributed by atoms with van der Waals surface area (Å²) >= 11 is 0. The van der Waals surface area contributed by atoms with Gasteiger partial charge in [-0.3, -0.25) is 57.5 Å². The maximum absolute atomic E-state index is 14.2. The predicted octanol–water partition coefficient (Wildman–Crippen LogP) is -3.56. The van der Waals surface area contributed by atoms with Gasteiger partial charge in [-0.2, -0.15) is 0 Å². The molecule has 0 aromatic rings. The summed E-state index contributed by atoms with van der Waals surface area (Å²) in [5.41, 5.74) is 22.4. The van der Waals surface area contributed by atoms with Crippen molar-refractivity contribution in [2.75, 3.05) is 19.6 Å². The number of carboxylic acid groups (broad SMARTS) is 2. The first kappa shape index (κ1) is 68.0. The van der Waals surface area contributed by atoms with Crippen molar-refractivity contribution in [3.63, 3.8) is 0 Å². The van der Waals surface area contributed by atoms with Crippen molar-refractivity contribution in [1.82, 2.24) is 47.4 Å². The summed E-state index contributed by atoms with van der Waals surface area (Å²) in [6.07, 6.45) is 0.0224. The molecule has 0 aliphatic carbocycles. The Labute approximate surface area is 448 Å². The van der Waals surface area contributed by atoms with Gasteiger partial charge in [-0.05, 0) is 75.2 Å². The SMILES string of the molecule is CC[C@H](C)[C@H](NC(=O)[C@H](CCC(N)=O)NC(=O)CNC(=O)[C@H](CC(N)=O)NC(=O)[C@@H](NC(=O)[C@@H]1CCCN1C(=O)[C@H](CC(=O)O)NC(=O)[C@@H](NC(=O)[C@H](CCCCN)NC(=O)[C@@H](N)CC(C)C)[C@@H](C)CC)C(C)C)C(=O)O. The molecule has 0 bridgehead atoms. The highest BCUT2D eigenvalue weighted by Crippen LogP contribution is 2.21. The fourth-order valence-electron chi connectivity index (χ4n) is 8.24. The third-order valence-corrected chi connectivity index (χ3v) is 13.1. The quantitative estimate of drug-likeness (QED) is 0.0270. The van der Waals surface area contributed by atoms with Gasteiger partial charge in [-0.1, -0.05) is 68.2 Å². The van der Waals surface area contributed by atoms with Crippen LogP contribution in [0.2, 0.25) is 0 Å². The number of carboxylic acids is 2. The maximum Gasteiger partial charge on any atom is 0.326 e. The molecule has 0 aromatic carbocycles. The van der Waals surface area contributed by atoms with Gasteiger partial charge in [0.15, 0.2) is 0 Å². The Morgan fingerprint density at radius 1 is 0.597 bits per heavy atom. The average molecular weight is 1100 g/mol. The molecule has 11 amide bonds. The molecule has 18 N–H and O–H groups in total. The number of primary amides is 2. The van der Waals surface area contributed by atoms with E-state index in [2.05, 4.69) is 42.5 Å². The molecular formula is C49H85N13O15. The van der Waals surface area contributed by atoms with Gasteiger partial charge in [0, 0.05) is 13.0 Å². The van der Waals surface area contributed by atoms with E-state index < -0.39 is 168 Å². The van der Waals surface area contributed by atoms with Gasteiger partial charge in [0.2, 0.25) is 65.0 Å². The zero-order chi connectivity index (χ0) is 58.9. The number of amides is 11. The first-order chi connectivity index (χ1) is 36.0. The van der Waals surface area contributed by atoms with Crippen LogP contribution in [0.3, 0.4) is 0 Å². The van der Waals surface area contributed by atoms with Crippen molar-refractivity contribution < 1.29 is 72.5 Å². The zero-order valence-electron chi connectivity index (χ0n) is 45.6. The number of hydrogen-bond acceptors (Lipinski definition) is 15. The molecule has 1 saturated heterocycles. The summed E-state index contributed by atoms with van der Waals surface area (Å²) in [5.74, 6) is -14.5. The van der Waals surface area contributed by atoms with E-state index >= 15 is 0 Å². The predicted molar refractivity (Wildman–Crippen MR) is 277 cm³/mol. The van der Waals surface area contributed by atoms with Crippen molar-refractivity contribution in [2.24, 2.45) is 46.6 Å². The molecule has 28 heteroatoms. The second kappa shape index (κ2) is 33.9. The molecule has 0 radical (unpaired) electrons. The Bertz CT molecular complexity index is 2090. The Kier molecular flexibility index (Phi) is 30.0. The van der Waals surface area contributed by atoms with Crippen molar-refractivity contribution in [3.8, 4) is 0 Å². The monoisotopic (exact) mass is 1100 g/mol. The van der Waals surface area contributed by atoms with Crippen molar-refractivity contribution in [2.45, 2.75) is 187 Å². The van der Waals surface area contributed by atoms with Gasteiger partial charge in [0.1, 0.15) is 48.3 Å². The molecule has 0 spiro atoms. The molecule has 1 rings (SSSR count). The number of nitrogens with two attached hydrogens (primary N) is 4. The minimum Gasteiger partial charge on any atom is -0.481 e. The summed E-state index contributed by atoms with van der Waals surface area (Å²) in [5, 5.41) is 39.1. The van der Waals surface area contributed by atoms with Gasteiger partial charge < -0.3 is 80.6 Å². The normalized spacial score (nSPS) is 17.1. The summed E-state index contributed by atoms with van der Waals surface area (Å²) in [6, 6.07) is -12.4. The van der Waals surface area contributed by atoms with Crippen molar-refractivity contribution in [1.29, 1.82) is 0 Å². The van der Waals surface area contributed by atoms with E-state index in [9.17, 15) is 72.5 Å². The summed E-state index contributed by atoms with van der Waals surface area (Å²) in [4.78, 5) is 171. The molecule has 0 unspecified atom stereocenters. The molecule has 1 fully saturated rings. The van der Waals surface area contributed by atoms with Crippen LogP contribution in [0.25, 0.3) is 0 Å². The topological polar surface area (TPSA) is 466 Å². The fourth-order valence-corrected chi connectivity index (χ4v) is 8.24. The number of carbonyl (C=O) groups excluding carboxylic acids is 11. The van der Waals surface area contributed by atoms with Crippen LogP contribution in [0.1, 0.15) is 132 Å². The second-order valence-corrected chi connectivity index (χ2v) is 20.3. The number of rotatable bonds is 36. The van der Waals surface area contributed by atoms with E-state index in [1.165, 1.54) is 13.8 Å². The van der Waals surface area contributed by atoms with Crippen LogP contribution in [0.5, 0.6) is 0 Å². The Morgan fingerprint density at radius 3 is 1.66 bits per heavy atom. The fraction of sp³-hybridized carbons (Fsp3) is 0.735. The van der Waals surface area contributed by atoms with Crippen molar-refractivity contribution >= 4 is 76.9 Å². The first-order valence-corrected chi connectivity index (χ1v) is 26.2. The lowest BCUT2D eigenvalue weighted by Crippen LogP contribution is -2.61. The lowest BCUT2D eigenvalue weighted by Gasteiger charge is -2.32. The molecule has 0 aromatic heterocycles. The molecular weight excluding hydrogens is 1010 g/mol. The molecule has 1 heterocycles. The first-order valence-electron chi connectivity index (χ1n) is 26.2. The van der Waals surface area contributed by atoms with Crippen LogP contribution >= 0.6 is 0 Å². The maximum atomic E-state index is 14.2. The van der Waals surface area contributed by atoms with Crippen LogP contribution in [-0.4, -0.2) is 166 Å². The highest BCUT2D eigenvalue weighted by atomic mass is 16.4.